The Bertz CT molecular complexity index is 875. The Morgan fingerprint density at radius 3 is 2.62 bits per heavy atom. The molecule has 0 saturated carbocycles. The van der Waals surface area contributed by atoms with Crippen molar-refractivity contribution in [1.82, 2.24) is 9.47 Å². The lowest BCUT2D eigenvalue weighted by Crippen LogP contribution is -2.31. The third-order valence-corrected chi connectivity index (χ3v) is 5.77. The molecule has 1 atom stereocenters. The van der Waals surface area contributed by atoms with E-state index in [1.807, 2.05) is 0 Å². The maximum absolute atomic E-state index is 2.58. The zero-order valence-corrected chi connectivity index (χ0v) is 14.9. The molecule has 0 fully saturated rings. The van der Waals surface area contributed by atoms with Crippen molar-refractivity contribution in [1.29, 1.82) is 0 Å². The first kappa shape index (κ1) is 15.5. The smallest absolute Gasteiger partial charge is 0.0486 e. The minimum atomic E-state index is 0.498. The zero-order chi connectivity index (χ0) is 16.7. The highest BCUT2D eigenvalue weighted by molar-refractivity contribution is 5.86. The average molecular weight is 318 g/mol. The van der Waals surface area contributed by atoms with Gasteiger partial charge in [-0.2, -0.15) is 0 Å². The predicted octanol–water partition coefficient (Wildman–Crippen LogP) is 4.74. The van der Waals surface area contributed by atoms with E-state index in [0.29, 0.717) is 6.04 Å². The average Bonchev–Trinajstić information content (AvgIpc) is 2.92. The van der Waals surface area contributed by atoms with Gasteiger partial charge in [-0.15, -0.1) is 0 Å². The first-order chi connectivity index (χ1) is 11.7. The molecule has 0 radical (unpaired) electrons. The van der Waals surface area contributed by atoms with Crippen LogP contribution in [-0.4, -0.2) is 23.1 Å². The maximum Gasteiger partial charge on any atom is 0.0486 e. The molecule has 2 heterocycles. The van der Waals surface area contributed by atoms with Crippen molar-refractivity contribution in [3.05, 3.63) is 70.9 Å². The SMILES string of the molecule is Cc1ccccc1CCn1c2c(c3ccccc31)C(C)N(C)CC2. The van der Waals surface area contributed by atoms with Crippen molar-refractivity contribution in [2.75, 3.05) is 13.6 Å². The molecule has 1 aromatic heterocycles. The van der Waals surface area contributed by atoms with Crippen LogP contribution in [0.5, 0.6) is 0 Å². The molecule has 0 saturated heterocycles. The fourth-order valence-electron chi connectivity index (χ4n) is 4.19. The number of fused-ring (bicyclic) bond motifs is 3. The number of nitrogens with zero attached hydrogens (tertiary/aromatic N) is 2. The maximum atomic E-state index is 2.58. The van der Waals surface area contributed by atoms with Gasteiger partial charge in [0.05, 0.1) is 0 Å². The Morgan fingerprint density at radius 1 is 1.04 bits per heavy atom. The molecule has 1 unspecified atom stereocenters. The number of hydrogen-bond donors (Lipinski definition) is 0. The second-order valence-electron chi connectivity index (χ2n) is 7.11. The number of para-hydroxylation sites is 1. The monoisotopic (exact) mass is 318 g/mol. The van der Waals surface area contributed by atoms with Crippen LogP contribution >= 0.6 is 0 Å². The Morgan fingerprint density at radius 2 is 1.79 bits per heavy atom. The molecule has 3 aromatic rings. The highest BCUT2D eigenvalue weighted by Gasteiger charge is 2.27. The second-order valence-corrected chi connectivity index (χ2v) is 7.11. The molecule has 1 aliphatic rings. The van der Waals surface area contributed by atoms with Crippen molar-refractivity contribution in [3.8, 4) is 0 Å². The van der Waals surface area contributed by atoms with Crippen LogP contribution in [-0.2, 0) is 19.4 Å². The molecular formula is C22H26N2. The van der Waals surface area contributed by atoms with Gasteiger partial charge in [-0.25, -0.2) is 0 Å². The fraction of sp³-hybridized carbons (Fsp3) is 0.364. The summed E-state index contributed by atoms with van der Waals surface area (Å²) in [6.07, 6.45) is 2.25. The van der Waals surface area contributed by atoms with Crippen LogP contribution in [0.3, 0.4) is 0 Å². The molecule has 2 heteroatoms. The third-order valence-electron chi connectivity index (χ3n) is 5.77. The fourth-order valence-corrected chi connectivity index (χ4v) is 4.19. The number of likely N-dealkylation sites (N-methyl/N-ethyl adjacent to an activating group) is 1. The van der Waals surface area contributed by atoms with Crippen LogP contribution in [0.1, 0.15) is 35.3 Å². The molecule has 0 aliphatic carbocycles. The minimum Gasteiger partial charge on any atom is -0.344 e. The Labute approximate surface area is 144 Å². The molecule has 1 aliphatic heterocycles. The van der Waals surface area contributed by atoms with E-state index in [0.717, 1.165) is 25.9 Å². The van der Waals surface area contributed by atoms with Gasteiger partial charge in [-0.05, 0) is 50.1 Å². The minimum absolute atomic E-state index is 0.498. The van der Waals surface area contributed by atoms with Gasteiger partial charge in [-0.1, -0.05) is 42.5 Å². The molecule has 0 N–H and O–H groups in total. The number of aromatic nitrogens is 1. The molecule has 124 valence electrons. The quantitative estimate of drug-likeness (QED) is 0.677. The summed E-state index contributed by atoms with van der Waals surface area (Å²) in [4.78, 5) is 2.47. The summed E-state index contributed by atoms with van der Waals surface area (Å²) in [7, 11) is 2.24. The molecule has 4 rings (SSSR count). The topological polar surface area (TPSA) is 8.17 Å². The summed E-state index contributed by atoms with van der Waals surface area (Å²) < 4.78 is 2.58. The molecule has 0 spiro atoms. The van der Waals surface area contributed by atoms with E-state index in [1.165, 1.54) is 22.0 Å². The highest BCUT2D eigenvalue weighted by Crippen LogP contribution is 2.37. The van der Waals surface area contributed by atoms with E-state index >= 15 is 0 Å². The summed E-state index contributed by atoms with van der Waals surface area (Å²) in [5, 5.41) is 1.44. The van der Waals surface area contributed by atoms with Gasteiger partial charge >= 0.3 is 0 Å². The third kappa shape index (κ3) is 2.46. The van der Waals surface area contributed by atoms with Gasteiger partial charge in [0.2, 0.25) is 0 Å². The van der Waals surface area contributed by atoms with Crippen LogP contribution < -0.4 is 0 Å². The first-order valence-corrected chi connectivity index (χ1v) is 9.01. The van der Waals surface area contributed by atoms with Crippen molar-refractivity contribution >= 4 is 10.9 Å². The van der Waals surface area contributed by atoms with Gasteiger partial charge in [0.1, 0.15) is 0 Å². The van der Waals surface area contributed by atoms with Gasteiger partial charge in [0.15, 0.2) is 0 Å². The largest absolute Gasteiger partial charge is 0.344 e. The van der Waals surface area contributed by atoms with Gasteiger partial charge in [-0.3, -0.25) is 4.90 Å². The molecular weight excluding hydrogens is 292 g/mol. The van der Waals surface area contributed by atoms with E-state index in [1.54, 1.807) is 11.3 Å². The summed E-state index contributed by atoms with van der Waals surface area (Å²) in [6.45, 7) is 6.78. The second kappa shape index (κ2) is 6.10. The Kier molecular flexibility index (Phi) is 3.93. The Balaban J connectivity index is 1.77. The van der Waals surface area contributed by atoms with E-state index in [2.05, 4.69) is 78.9 Å². The number of hydrogen-bond acceptors (Lipinski definition) is 1. The Hall–Kier alpha value is -2.06. The number of aryl methyl sites for hydroxylation is 3. The van der Waals surface area contributed by atoms with E-state index in [4.69, 9.17) is 0 Å². The zero-order valence-electron chi connectivity index (χ0n) is 14.9. The van der Waals surface area contributed by atoms with Gasteiger partial charge in [0, 0.05) is 42.1 Å². The molecule has 2 nitrogen and oxygen atoms in total. The van der Waals surface area contributed by atoms with Crippen LogP contribution in [0, 0.1) is 6.92 Å². The number of rotatable bonds is 3. The summed E-state index contributed by atoms with van der Waals surface area (Å²) in [5.41, 5.74) is 7.36. The van der Waals surface area contributed by atoms with E-state index in [9.17, 15) is 0 Å². The summed E-state index contributed by atoms with van der Waals surface area (Å²) >= 11 is 0. The molecule has 0 bridgehead atoms. The van der Waals surface area contributed by atoms with Crippen molar-refractivity contribution in [2.45, 2.75) is 39.3 Å². The first-order valence-electron chi connectivity index (χ1n) is 9.01. The lowest BCUT2D eigenvalue weighted by molar-refractivity contribution is 0.245. The normalized spacial score (nSPS) is 18.0. The molecule has 24 heavy (non-hydrogen) atoms. The van der Waals surface area contributed by atoms with Crippen LogP contribution in [0.25, 0.3) is 10.9 Å². The number of benzene rings is 2. The van der Waals surface area contributed by atoms with Crippen LogP contribution in [0.4, 0.5) is 0 Å². The van der Waals surface area contributed by atoms with Crippen molar-refractivity contribution in [3.63, 3.8) is 0 Å². The van der Waals surface area contributed by atoms with Gasteiger partial charge < -0.3 is 4.57 Å². The molecule has 0 amide bonds. The summed E-state index contributed by atoms with van der Waals surface area (Å²) in [6, 6.07) is 18.2. The standard InChI is InChI=1S/C22H26N2/c1-16-8-4-5-9-18(16)12-15-24-20-11-7-6-10-19(20)22-17(2)23(3)14-13-21(22)24/h4-11,17H,12-15H2,1-3H3. The molecule has 2 aromatic carbocycles. The van der Waals surface area contributed by atoms with E-state index in [-0.39, 0.29) is 0 Å². The summed E-state index contributed by atoms with van der Waals surface area (Å²) in [5.74, 6) is 0. The van der Waals surface area contributed by atoms with Crippen molar-refractivity contribution < 1.29 is 0 Å². The lowest BCUT2D eigenvalue weighted by Gasteiger charge is -2.31. The van der Waals surface area contributed by atoms with E-state index < -0.39 is 0 Å². The van der Waals surface area contributed by atoms with Gasteiger partial charge in [0.25, 0.3) is 0 Å². The van der Waals surface area contributed by atoms with Crippen LogP contribution in [0.2, 0.25) is 0 Å². The van der Waals surface area contributed by atoms with Crippen LogP contribution in [0.15, 0.2) is 48.5 Å². The lowest BCUT2D eigenvalue weighted by atomic mass is 9.97. The highest BCUT2D eigenvalue weighted by atomic mass is 15.1. The van der Waals surface area contributed by atoms with Crippen molar-refractivity contribution in [2.24, 2.45) is 0 Å². The predicted molar refractivity (Wildman–Crippen MR) is 102 cm³/mol.